The standard InChI is InChI=1S/CH2O3.Cs.K.H3O4P.2H/c2-1(3)4;;;1-5(2,3)4;;/h(H2,2,3,4);;;(H3,1,2,3,4);;/q;2*+1;;2*-1. The Morgan fingerprint density at radius 3 is 1.18 bits per heavy atom. The summed E-state index contributed by atoms with van der Waals surface area (Å²) in [5, 5.41) is 13.9. The molecule has 7 nitrogen and oxygen atoms in total. The van der Waals surface area contributed by atoms with Gasteiger partial charge >= 0.3 is 134 Å². The van der Waals surface area contributed by atoms with Crippen LogP contribution in [0.25, 0.3) is 0 Å². The SMILES string of the molecule is O=C(O)O.O=P(O)(O)O.[Cs+].[H-].[H-].[K+]. The van der Waals surface area contributed by atoms with Crippen molar-refractivity contribution in [1.82, 2.24) is 0 Å². The molecule has 0 unspecified atom stereocenters. The van der Waals surface area contributed by atoms with E-state index in [2.05, 4.69) is 0 Å². The van der Waals surface area contributed by atoms with Gasteiger partial charge in [0.25, 0.3) is 0 Å². The summed E-state index contributed by atoms with van der Waals surface area (Å²) in [6, 6.07) is 0. The molecule has 11 heavy (non-hydrogen) atoms. The Kier molecular flexibility index (Phi) is 28.2. The third-order valence-corrected chi connectivity index (χ3v) is 0. The number of hydrogen-bond donors (Lipinski definition) is 5. The zero-order chi connectivity index (χ0) is 8.08. The average Bonchev–Trinajstić information content (AvgIpc) is 1.19. The Balaban J connectivity index is -0.0000000146. The van der Waals surface area contributed by atoms with Crippen molar-refractivity contribution in [1.29, 1.82) is 0 Å². The van der Waals surface area contributed by atoms with Crippen molar-refractivity contribution in [2.24, 2.45) is 0 Å². The van der Waals surface area contributed by atoms with Gasteiger partial charge in [-0.25, -0.2) is 9.36 Å². The second-order valence-electron chi connectivity index (χ2n) is 0.796. The van der Waals surface area contributed by atoms with Gasteiger partial charge in [0.2, 0.25) is 0 Å². The van der Waals surface area contributed by atoms with Crippen molar-refractivity contribution in [2.75, 3.05) is 0 Å². The van der Waals surface area contributed by atoms with Gasteiger partial charge in [-0.2, -0.15) is 0 Å². The van der Waals surface area contributed by atoms with E-state index in [1.54, 1.807) is 0 Å². The van der Waals surface area contributed by atoms with Crippen molar-refractivity contribution in [3.05, 3.63) is 0 Å². The Morgan fingerprint density at radius 1 is 1.18 bits per heavy atom. The summed E-state index contributed by atoms with van der Waals surface area (Å²) in [6.45, 7) is 0. The maximum Gasteiger partial charge on any atom is 1.00 e. The van der Waals surface area contributed by atoms with E-state index in [0.29, 0.717) is 0 Å². The Bertz CT molecular complexity index is 126. The summed E-state index contributed by atoms with van der Waals surface area (Å²) in [5.74, 6) is 0. The minimum absolute atomic E-state index is 0. The molecular formula is CH7CsKO7P. The molecule has 0 amide bonds. The third-order valence-electron chi connectivity index (χ3n) is 0. The number of phosphoric acid groups is 1. The van der Waals surface area contributed by atoms with Crippen molar-refractivity contribution in [3.8, 4) is 0 Å². The van der Waals surface area contributed by atoms with Crippen LogP contribution in [0.4, 0.5) is 4.79 Å². The predicted octanol–water partition coefficient (Wildman–Crippen LogP) is -6.47. The largest absolute Gasteiger partial charge is 1.00 e. The molecule has 0 bridgehead atoms. The summed E-state index contributed by atoms with van der Waals surface area (Å²) in [7, 11) is -4.64. The summed E-state index contributed by atoms with van der Waals surface area (Å²) >= 11 is 0. The average molecular weight is 334 g/mol. The first kappa shape index (κ1) is 23.7. The second-order valence-corrected chi connectivity index (χ2v) is 1.82. The monoisotopic (exact) mass is 334 g/mol. The second kappa shape index (κ2) is 13.1. The maximum absolute atomic E-state index is 8.88. The van der Waals surface area contributed by atoms with Gasteiger partial charge in [-0.3, -0.25) is 0 Å². The first-order chi connectivity index (χ1) is 3.73. The van der Waals surface area contributed by atoms with Gasteiger partial charge in [0, 0.05) is 0 Å². The Labute approximate surface area is 167 Å². The van der Waals surface area contributed by atoms with E-state index in [1.165, 1.54) is 0 Å². The van der Waals surface area contributed by atoms with Crippen LogP contribution in [0.2, 0.25) is 0 Å². The Hall–Kier alpha value is 3.07. The minimum atomic E-state index is -4.64. The van der Waals surface area contributed by atoms with Crippen LogP contribution in [-0.2, 0) is 4.57 Å². The molecule has 60 valence electrons. The molecule has 0 aromatic heterocycles. The van der Waals surface area contributed by atoms with E-state index < -0.39 is 14.0 Å². The van der Waals surface area contributed by atoms with Gasteiger partial charge in [0.15, 0.2) is 0 Å². The van der Waals surface area contributed by atoms with E-state index in [-0.39, 0.29) is 123 Å². The number of carboxylic acid groups (broad SMARTS) is 2. The molecule has 0 aliphatic carbocycles. The van der Waals surface area contributed by atoms with Gasteiger partial charge in [0.05, 0.1) is 0 Å². The topological polar surface area (TPSA) is 135 Å². The van der Waals surface area contributed by atoms with E-state index in [9.17, 15) is 0 Å². The molecule has 0 rings (SSSR count). The van der Waals surface area contributed by atoms with Crippen molar-refractivity contribution in [3.63, 3.8) is 0 Å². The van der Waals surface area contributed by atoms with Crippen LogP contribution in [0.5, 0.6) is 0 Å². The molecule has 0 aromatic rings. The number of hydrogen-bond acceptors (Lipinski definition) is 2. The third kappa shape index (κ3) is 170. The van der Waals surface area contributed by atoms with Crippen LogP contribution < -0.4 is 120 Å². The smallest absolute Gasteiger partial charge is 1.00 e. The van der Waals surface area contributed by atoms with Crippen LogP contribution in [0.3, 0.4) is 0 Å². The molecule has 0 aliphatic rings. The zero-order valence-electron chi connectivity index (χ0n) is 8.00. The fourth-order valence-electron chi connectivity index (χ4n) is 0. The molecule has 0 radical (unpaired) electrons. The maximum atomic E-state index is 8.88. The fourth-order valence-corrected chi connectivity index (χ4v) is 0. The van der Waals surface area contributed by atoms with E-state index in [4.69, 9.17) is 34.3 Å². The van der Waals surface area contributed by atoms with Gasteiger partial charge in [-0.05, 0) is 0 Å². The van der Waals surface area contributed by atoms with Gasteiger partial charge in [-0.1, -0.05) is 0 Å². The van der Waals surface area contributed by atoms with Gasteiger partial charge < -0.3 is 27.7 Å². The Morgan fingerprint density at radius 2 is 1.18 bits per heavy atom. The molecule has 0 aromatic carbocycles. The van der Waals surface area contributed by atoms with Crippen LogP contribution in [0.1, 0.15) is 2.85 Å². The molecule has 0 saturated heterocycles. The number of rotatable bonds is 0. The first-order valence-corrected chi connectivity index (χ1v) is 3.00. The van der Waals surface area contributed by atoms with Crippen LogP contribution >= 0.6 is 7.82 Å². The van der Waals surface area contributed by atoms with Crippen LogP contribution in [0.15, 0.2) is 0 Å². The molecule has 0 spiro atoms. The van der Waals surface area contributed by atoms with Gasteiger partial charge in [0.1, 0.15) is 0 Å². The normalized spacial score (nSPS) is 7.55. The van der Waals surface area contributed by atoms with E-state index in [0.717, 1.165) is 0 Å². The van der Waals surface area contributed by atoms with Crippen molar-refractivity contribution >= 4 is 14.0 Å². The van der Waals surface area contributed by atoms with E-state index >= 15 is 0 Å². The molecule has 0 fully saturated rings. The van der Waals surface area contributed by atoms with Gasteiger partial charge in [-0.15, -0.1) is 0 Å². The molecule has 5 N–H and O–H groups in total. The summed E-state index contributed by atoms with van der Waals surface area (Å²) in [5.41, 5.74) is 0. The van der Waals surface area contributed by atoms with Crippen LogP contribution in [-0.4, -0.2) is 31.0 Å². The van der Waals surface area contributed by atoms with Crippen molar-refractivity contribution < 1.29 is 157 Å². The summed E-state index contributed by atoms with van der Waals surface area (Å²) in [4.78, 5) is 30.1. The molecular weight excluding hydrogens is 327 g/mol. The molecule has 0 saturated carbocycles. The molecule has 0 aliphatic heterocycles. The van der Waals surface area contributed by atoms with Crippen molar-refractivity contribution in [2.45, 2.75) is 0 Å². The quantitative estimate of drug-likeness (QED) is 0.220. The molecule has 0 atom stereocenters. The summed E-state index contributed by atoms with van der Waals surface area (Å²) < 4.78 is 8.88. The summed E-state index contributed by atoms with van der Waals surface area (Å²) in [6.07, 6.45) is -1.83. The number of carbonyl (C=O) groups is 1. The molecule has 10 heteroatoms. The first-order valence-electron chi connectivity index (χ1n) is 1.43. The van der Waals surface area contributed by atoms with E-state index in [1.807, 2.05) is 0 Å². The molecule has 0 heterocycles. The predicted molar refractivity (Wildman–Crippen MR) is 27.1 cm³/mol. The zero-order valence-corrected chi connectivity index (χ0v) is 16.3. The minimum Gasteiger partial charge on any atom is -1.00 e. The fraction of sp³-hybridized carbons (Fsp3) is 0. The van der Waals surface area contributed by atoms with Crippen LogP contribution in [0, 0.1) is 0 Å².